The molecule has 1 aliphatic heterocycles. The fourth-order valence-electron chi connectivity index (χ4n) is 1.78. The molecule has 0 spiro atoms. The molecule has 1 aliphatic rings. The zero-order valence-corrected chi connectivity index (χ0v) is 9.84. The summed E-state index contributed by atoms with van der Waals surface area (Å²) in [5, 5.41) is 11.0. The van der Waals surface area contributed by atoms with E-state index in [0.717, 1.165) is 4.90 Å². The molecular formula is C12H10N2O4. The fraction of sp³-hybridized carbons (Fsp3) is 0.167. The van der Waals surface area contributed by atoms with Crippen LogP contribution in [0.5, 0.6) is 0 Å². The Labute approximate surface area is 103 Å². The molecule has 0 radical (unpaired) electrons. The summed E-state index contributed by atoms with van der Waals surface area (Å²) in [5.74, 6) is -1.07. The van der Waals surface area contributed by atoms with Gasteiger partial charge in [-0.15, -0.1) is 0 Å². The molecule has 2 amide bonds. The van der Waals surface area contributed by atoms with Gasteiger partial charge in [-0.1, -0.05) is 6.07 Å². The van der Waals surface area contributed by atoms with Crippen LogP contribution >= 0.6 is 0 Å². The van der Waals surface area contributed by atoms with E-state index in [9.17, 15) is 19.7 Å². The second-order valence-electron chi connectivity index (χ2n) is 4.06. The summed E-state index contributed by atoms with van der Waals surface area (Å²) in [5.41, 5.74) is 0.720. The zero-order valence-electron chi connectivity index (χ0n) is 9.84. The Balaban J connectivity index is 2.56. The average molecular weight is 246 g/mol. The van der Waals surface area contributed by atoms with Crippen LogP contribution in [0.2, 0.25) is 0 Å². The molecule has 0 atom stereocenters. The van der Waals surface area contributed by atoms with Gasteiger partial charge in [-0.25, -0.2) is 4.90 Å². The Hall–Kier alpha value is -2.50. The molecule has 6 heteroatoms. The average Bonchev–Trinajstić information content (AvgIpc) is 2.54. The molecule has 0 aromatic heterocycles. The van der Waals surface area contributed by atoms with Crippen LogP contribution in [0.4, 0.5) is 11.4 Å². The highest BCUT2D eigenvalue weighted by Gasteiger charge is 2.34. The molecular weight excluding hydrogens is 236 g/mol. The third kappa shape index (κ3) is 1.77. The summed E-state index contributed by atoms with van der Waals surface area (Å²) in [7, 11) is 0. The number of rotatable bonds is 2. The number of nitro groups is 1. The summed E-state index contributed by atoms with van der Waals surface area (Å²) >= 11 is 0. The number of hydrogen-bond donors (Lipinski definition) is 0. The first-order valence-electron chi connectivity index (χ1n) is 5.23. The quantitative estimate of drug-likeness (QED) is 0.452. The van der Waals surface area contributed by atoms with Crippen molar-refractivity contribution in [3.8, 4) is 0 Å². The van der Waals surface area contributed by atoms with E-state index in [4.69, 9.17) is 0 Å². The summed E-state index contributed by atoms with van der Waals surface area (Å²) in [6, 6.07) is 4.37. The van der Waals surface area contributed by atoms with E-state index in [-0.39, 0.29) is 16.9 Å². The van der Waals surface area contributed by atoms with Crippen LogP contribution in [-0.2, 0) is 9.59 Å². The molecule has 1 aromatic carbocycles. The molecule has 0 N–H and O–H groups in total. The van der Waals surface area contributed by atoms with Gasteiger partial charge in [-0.3, -0.25) is 19.7 Å². The van der Waals surface area contributed by atoms with E-state index in [2.05, 4.69) is 0 Å². The highest BCUT2D eigenvalue weighted by atomic mass is 16.6. The van der Waals surface area contributed by atoms with E-state index < -0.39 is 16.7 Å². The lowest BCUT2D eigenvalue weighted by Crippen LogP contribution is -2.31. The minimum absolute atomic E-state index is 0.00806. The summed E-state index contributed by atoms with van der Waals surface area (Å²) < 4.78 is 0. The summed E-state index contributed by atoms with van der Waals surface area (Å²) in [6.45, 7) is 3.20. The van der Waals surface area contributed by atoms with Crippen LogP contribution in [0.15, 0.2) is 29.8 Å². The van der Waals surface area contributed by atoms with Crippen LogP contribution in [0.1, 0.15) is 12.5 Å². The Morgan fingerprint density at radius 3 is 2.39 bits per heavy atom. The molecule has 0 bridgehead atoms. The van der Waals surface area contributed by atoms with E-state index in [1.165, 1.54) is 25.1 Å². The summed E-state index contributed by atoms with van der Waals surface area (Å²) in [4.78, 5) is 34.6. The highest BCUT2D eigenvalue weighted by molar-refractivity contribution is 6.31. The SMILES string of the molecule is CC1=CC(=O)N(c2ccc(C)cc2[N+](=O)[O-])C1=O. The first-order valence-corrected chi connectivity index (χ1v) is 5.23. The Morgan fingerprint density at radius 2 is 1.89 bits per heavy atom. The van der Waals surface area contributed by atoms with Crippen molar-refractivity contribution in [1.29, 1.82) is 0 Å². The molecule has 18 heavy (non-hydrogen) atoms. The van der Waals surface area contributed by atoms with E-state index in [1.807, 2.05) is 0 Å². The van der Waals surface area contributed by atoms with Gasteiger partial charge >= 0.3 is 0 Å². The van der Waals surface area contributed by atoms with Crippen LogP contribution in [0.25, 0.3) is 0 Å². The second kappa shape index (κ2) is 4.06. The highest BCUT2D eigenvalue weighted by Crippen LogP contribution is 2.32. The third-order valence-corrected chi connectivity index (χ3v) is 2.67. The van der Waals surface area contributed by atoms with Crippen molar-refractivity contribution in [3.05, 3.63) is 45.5 Å². The van der Waals surface area contributed by atoms with Gasteiger partial charge in [0.05, 0.1) is 4.92 Å². The lowest BCUT2D eigenvalue weighted by molar-refractivity contribution is -0.384. The number of benzene rings is 1. The first-order chi connectivity index (χ1) is 8.41. The second-order valence-corrected chi connectivity index (χ2v) is 4.06. The molecule has 92 valence electrons. The molecule has 0 saturated carbocycles. The lowest BCUT2D eigenvalue weighted by Gasteiger charge is -2.14. The monoisotopic (exact) mass is 246 g/mol. The Morgan fingerprint density at radius 1 is 1.22 bits per heavy atom. The lowest BCUT2D eigenvalue weighted by atomic mass is 10.1. The van der Waals surface area contributed by atoms with Gasteiger partial charge in [0.15, 0.2) is 0 Å². The molecule has 1 heterocycles. The number of anilines is 1. The van der Waals surface area contributed by atoms with E-state index >= 15 is 0 Å². The standard InChI is InChI=1S/C12H10N2O4/c1-7-3-4-9(10(5-7)14(17)18)13-11(15)6-8(2)12(13)16/h3-6H,1-2H3. The Bertz CT molecular complexity index is 604. The first kappa shape index (κ1) is 12.0. The zero-order chi connectivity index (χ0) is 13.4. The predicted octanol–water partition coefficient (Wildman–Crippen LogP) is 1.72. The third-order valence-electron chi connectivity index (χ3n) is 2.67. The number of aryl methyl sites for hydroxylation is 1. The van der Waals surface area contributed by atoms with E-state index in [1.54, 1.807) is 13.0 Å². The van der Waals surface area contributed by atoms with Gasteiger partial charge in [0.1, 0.15) is 5.69 Å². The van der Waals surface area contributed by atoms with Crippen LogP contribution < -0.4 is 4.90 Å². The minimum Gasteiger partial charge on any atom is -0.269 e. The van der Waals surface area contributed by atoms with Crippen LogP contribution in [0, 0.1) is 17.0 Å². The maximum Gasteiger partial charge on any atom is 0.293 e. The van der Waals surface area contributed by atoms with Gasteiger partial charge in [0.2, 0.25) is 0 Å². The van der Waals surface area contributed by atoms with Gasteiger partial charge in [-0.05, 0) is 25.5 Å². The number of carbonyl (C=O) groups is 2. The smallest absolute Gasteiger partial charge is 0.269 e. The molecule has 1 aromatic rings. The number of amides is 2. The number of nitrogens with zero attached hydrogens (tertiary/aromatic N) is 2. The largest absolute Gasteiger partial charge is 0.293 e. The van der Waals surface area contributed by atoms with Crippen molar-refractivity contribution in [2.24, 2.45) is 0 Å². The topological polar surface area (TPSA) is 80.5 Å². The minimum atomic E-state index is -0.601. The maximum absolute atomic E-state index is 11.8. The van der Waals surface area contributed by atoms with Crippen molar-refractivity contribution < 1.29 is 14.5 Å². The number of nitro benzene ring substituents is 1. The molecule has 6 nitrogen and oxygen atoms in total. The maximum atomic E-state index is 11.8. The van der Waals surface area contributed by atoms with E-state index in [0.29, 0.717) is 5.56 Å². The molecule has 0 unspecified atom stereocenters. The fourth-order valence-corrected chi connectivity index (χ4v) is 1.78. The van der Waals surface area contributed by atoms with Gasteiger partial charge in [0.25, 0.3) is 17.5 Å². The van der Waals surface area contributed by atoms with Crippen LogP contribution in [-0.4, -0.2) is 16.7 Å². The van der Waals surface area contributed by atoms with Crippen molar-refractivity contribution in [3.63, 3.8) is 0 Å². The van der Waals surface area contributed by atoms with Gasteiger partial charge < -0.3 is 0 Å². The van der Waals surface area contributed by atoms with Crippen LogP contribution in [0.3, 0.4) is 0 Å². The van der Waals surface area contributed by atoms with Crippen molar-refractivity contribution in [1.82, 2.24) is 0 Å². The van der Waals surface area contributed by atoms with Gasteiger partial charge in [-0.2, -0.15) is 0 Å². The Kier molecular flexibility index (Phi) is 2.70. The number of carbonyl (C=O) groups excluding carboxylic acids is 2. The molecule has 0 saturated heterocycles. The van der Waals surface area contributed by atoms with Crippen molar-refractivity contribution in [2.75, 3.05) is 4.90 Å². The van der Waals surface area contributed by atoms with Crippen molar-refractivity contribution in [2.45, 2.75) is 13.8 Å². The number of hydrogen-bond acceptors (Lipinski definition) is 4. The van der Waals surface area contributed by atoms with Gasteiger partial charge in [0, 0.05) is 17.7 Å². The molecule has 0 fully saturated rings. The predicted molar refractivity (Wildman–Crippen MR) is 64.1 cm³/mol. The molecule has 2 rings (SSSR count). The molecule has 0 aliphatic carbocycles. The summed E-state index contributed by atoms with van der Waals surface area (Å²) in [6.07, 6.45) is 1.17. The van der Waals surface area contributed by atoms with Crippen molar-refractivity contribution >= 4 is 23.2 Å². The number of imide groups is 1. The normalized spacial score (nSPS) is 15.0.